The van der Waals surface area contributed by atoms with Gasteiger partial charge in [-0.15, -0.1) is 0 Å². The quantitative estimate of drug-likeness (QED) is 0.488. The van der Waals surface area contributed by atoms with Gasteiger partial charge in [-0.05, 0) is 55.0 Å². The van der Waals surface area contributed by atoms with E-state index in [1.165, 1.54) is 18.2 Å². The van der Waals surface area contributed by atoms with E-state index in [9.17, 15) is 14.4 Å². The molecule has 1 aliphatic rings. The van der Waals surface area contributed by atoms with Gasteiger partial charge in [0.1, 0.15) is 0 Å². The summed E-state index contributed by atoms with van der Waals surface area (Å²) in [5, 5.41) is 3.65. The standard InChI is InChI=1S/C22H13Cl3N2O3/c1-11-5-6-13(23)8-19(11)26-20(28)12-3-2-4-14(7-12)27-21(29)15-9-17(24)18(25)10-16(15)22(27)30/h2-10H,1H3,(H,26,28). The number of hydrogen-bond acceptors (Lipinski definition) is 3. The molecular weight excluding hydrogens is 447 g/mol. The minimum absolute atomic E-state index is 0.166. The predicted octanol–water partition coefficient (Wildman–Crippen LogP) is 6.01. The van der Waals surface area contributed by atoms with E-state index in [0.717, 1.165) is 10.5 Å². The molecule has 150 valence electrons. The van der Waals surface area contributed by atoms with Crippen LogP contribution in [0, 0.1) is 6.92 Å². The summed E-state index contributed by atoms with van der Waals surface area (Å²) in [5.41, 5.74) is 2.29. The maximum atomic E-state index is 12.8. The second kappa shape index (κ2) is 7.76. The Morgan fingerprint density at radius 2 is 1.50 bits per heavy atom. The first kappa shape index (κ1) is 20.4. The molecule has 30 heavy (non-hydrogen) atoms. The molecule has 0 aromatic heterocycles. The third-order valence-corrected chi connectivity index (χ3v) is 5.70. The molecule has 0 fully saturated rings. The van der Waals surface area contributed by atoms with E-state index >= 15 is 0 Å². The van der Waals surface area contributed by atoms with Crippen LogP contribution in [0.1, 0.15) is 36.6 Å². The number of rotatable bonds is 3. The van der Waals surface area contributed by atoms with E-state index in [2.05, 4.69) is 5.32 Å². The zero-order valence-electron chi connectivity index (χ0n) is 15.5. The number of nitrogens with zero attached hydrogens (tertiary/aromatic N) is 1. The molecule has 0 spiro atoms. The summed E-state index contributed by atoms with van der Waals surface area (Å²) >= 11 is 18.0. The summed E-state index contributed by atoms with van der Waals surface area (Å²) < 4.78 is 0. The maximum absolute atomic E-state index is 12.8. The van der Waals surface area contributed by atoms with Crippen molar-refractivity contribution in [2.75, 3.05) is 10.2 Å². The monoisotopic (exact) mass is 458 g/mol. The summed E-state index contributed by atoms with van der Waals surface area (Å²) in [5.74, 6) is -1.46. The SMILES string of the molecule is Cc1ccc(Cl)cc1NC(=O)c1cccc(N2C(=O)c3cc(Cl)c(Cl)cc3C2=O)c1. The third kappa shape index (κ3) is 3.56. The Hall–Kier alpha value is -2.86. The van der Waals surface area contributed by atoms with Crippen LogP contribution in [0.25, 0.3) is 0 Å². The molecular formula is C22H13Cl3N2O3. The van der Waals surface area contributed by atoms with Gasteiger partial charge in [-0.1, -0.05) is 46.9 Å². The summed E-state index contributed by atoms with van der Waals surface area (Å²) in [6.07, 6.45) is 0. The lowest BCUT2D eigenvalue weighted by Crippen LogP contribution is -2.29. The molecule has 5 nitrogen and oxygen atoms in total. The highest BCUT2D eigenvalue weighted by molar-refractivity contribution is 6.44. The van der Waals surface area contributed by atoms with E-state index in [-0.39, 0.29) is 32.4 Å². The molecule has 3 amide bonds. The van der Waals surface area contributed by atoms with Crippen LogP contribution in [0.5, 0.6) is 0 Å². The molecule has 4 rings (SSSR count). The van der Waals surface area contributed by atoms with Crippen molar-refractivity contribution in [2.24, 2.45) is 0 Å². The Kier molecular flexibility index (Phi) is 5.28. The first-order chi connectivity index (χ1) is 14.3. The number of aryl methyl sites for hydroxylation is 1. The highest BCUT2D eigenvalue weighted by atomic mass is 35.5. The van der Waals surface area contributed by atoms with E-state index in [0.29, 0.717) is 10.7 Å². The van der Waals surface area contributed by atoms with Gasteiger partial charge in [-0.2, -0.15) is 0 Å². The van der Waals surface area contributed by atoms with E-state index in [1.54, 1.807) is 36.4 Å². The van der Waals surface area contributed by atoms with Gasteiger partial charge < -0.3 is 5.32 Å². The molecule has 0 bridgehead atoms. The second-order valence-corrected chi connectivity index (χ2v) is 7.97. The lowest BCUT2D eigenvalue weighted by molar-refractivity contribution is 0.0924. The molecule has 0 radical (unpaired) electrons. The fourth-order valence-electron chi connectivity index (χ4n) is 3.18. The number of imide groups is 1. The van der Waals surface area contributed by atoms with Crippen molar-refractivity contribution in [3.63, 3.8) is 0 Å². The molecule has 1 aliphatic heterocycles. The van der Waals surface area contributed by atoms with Crippen LogP contribution in [0.2, 0.25) is 15.1 Å². The Morgan fingerprint density at radius 1 is 0.867 bits per heavy atom. The van der Waals surface area contributed by atoms with Crippen LogP contribution in [0.4, 0.5) is 11.4 Å². The van der Waals surface area contributed by atoms with Crippen LogP contribution in [0.3, 0.4) is 0 Å². The second-order valence-electron chi connectivity index (χ2n) is 6.72. The van der Waals surface area contributed by atoms with E-state index in [1.807, 2.05) is 6.92 Å². The number of carbonyl (C=O) groups excluding carboxylic acids is 3. The molecule has 1 heterocycles. The molecule has 0 atom stereocenters. The molecule has 8 heteroatoms. The number of halogens is 3. The van der Waals surface area contributed by atoms with Crippen molar-refractivity contribution in [3.05, 3.63) is 91.9 Å². The van der Waals surface area contributed by atoms with Crippen molar-refractivity contribution < 1.29 is 14.4 Å². The molecule has 3 aromatic rings. The van der Waals surface area contributed by atoms with Crippen molar-refractivity contribution in [1.29, 1.82) is 0 Å². The number of carbonyl (C=O) groups is 3. The average molecular weight is 460 g/mol. The molecule has 0 saturated carbocycles. The molecule has 0 unspecified atom stereocenters. The lowest BCUT2D eigenvalue weighted by atomic mass is 10.1. The average Bonchev–Trinajstić information content (AvgIpc) is 2.95. The number of fused-ring (bicyclic) bond motifs is 1. The zero-order valence-corrected chi connectivity index (χ0v) is 17.8. The predicted molar refractivity (Wildman–Crippen MR) is 118 cm³/mol. The lowest BCUT2D eigenvalue weighted by Gasteiger charge is -2.15. The Bertz CT molecular complexity index is 1200. The van der Waals surface area contributed by atoms with E-state index < -0.39 is 17.7 Å². The Labute approximate surface area is 187 Å². The van der Waals surface area contributed by atoms with Gasteiger partial charge in [0.25, 0.3) is 17.7 Å². The van der Waals surface area contributed by atoms with Gasteiger partial charge >= 0.3 is 0 Å². The van der Waals surface area contributed by atoms with Crippen LogP contribution in [-0.2, 0) is 0 Å². The van der Waals surface area contributed by atoms with Crippen molar-refractivity contribution in [1.82, 2.24) is 0 Å². The van der Waals surface area contributed by atoms with Crippen LogP contribution < -0.4 is 10.2 Å². The number of benzene rings is 3. The van der Waals surface area contributed by atoms with Gasteiger partial charge in [0.15, 0.2) is 0 Å². The number of amides is 3. The Morgan fingerprint density at radius 3 is 2.13 bits per heavy atom. The van der Waals surface area contributed by atoms with Gasteiger partial charge in [-0.3, -0.25) is 14.4 Å². The van der Waals surface area contributed by atoms with Gasteiger partial charge in [0.05, 0.1) is 26.9 Å². The summed E-state index contributed by atoms with van der Waals surface area (Å²) in [6.45, 7) is 1.84. The van der Waals surface area contributed by atoms with Gasteiger partial charge in [0, 0.05) is 16.3 Å². The first-order valence-corrected chi connectivity index (χ1v) is 9.95. The van der Waals surface area contributed by atoms with Gasteiger partial charge in [0.2, 0.25) is 0 Å². The fourth-order valence-corrected chi connectivity index (χ4v) is 3.68. The highest BCUT2D eigenvalue weighted by Gasteiger charge is 2.37. The number of nitrogens with one attached hydrogen (secondary N) is 1. The fraction of sp³-hybridized carbons (Fsp3) is 0.0455. The molecule has 0 aliphatic carbocycles. The minimum Gasteiger partial charge on any atom is -0.322 e. The number of anilines is 2. The van der Waals surface area contributed by atoms with E-state index in [4.69, 9.17) is 34.8 Å². The van der Waals surface area contributed by atoms with Crippen LogP contribution in [0.15, 0.2) is 54.6 Å². The largest absolute Gasteiger partial charge is 0.322 e. The molecule has 0 saturated heterocycles. The summed E-state index contributed by atoms with van der Waals surface area (Å²) in [6, 6.07) is 14.2. The molecule has 3 aromatic carbocycles. The van der Waals surface area contributed by atoms with Crippen molar-refractivity contribution in [3.8, 4) is 0 Å². The zero-order chi connectivity index (χ0) is 21.6. The van der Waals surface area contributed by atoms with Gasteiger partial charge in [-0.25, -0.2) is 4.90 Å². The van der Waals surface area contributed by atoms with Crippen molar-refractivity contribution in [2.45, 2.75) is 6.92 Å². The highest BCUT2D eigenvalue weighted by Crippen LogP contribution is 2.34. The summed E-state index contributed by atoms with van der Waals surface area (Å²) in [4.78, 5) is 39.4. The maximum Gasteiger partial charge on any atom is 0.266 e. The smallest absolute Gasteiger partial charge is 0.266 e. The summed E-state index contributed by atoms with van der Waals surface area (Å²) in [7, 11) is 0. The van der Waals surface area contributed by atoms with Crippen molar-refractivity contribution >= 4 is 63.9 Å². The normalized spacial score (nSPS) is 12.9. The van der Waals surface area contributed by atoms with Crippen LogP contribution >= 0.6 is 34.8 Å². The molecule has 1 N–H and O–H groups in total. The third-order valence-electron chi connectivity index (χ3n) is 4.74. The number of hydrogen-bond donors (Lipinski definition) is 1. The Balaban J connectivity index is 1.65. The topological polar surface area (TPSA) is 66.5 Å². The minimum atomic E-state index is -0.531. The van der Waals surface area contributed by atoms with Crippen LogP contribution in [-0.4, -0.2) is 17.7 Å². The first-order valence-electron chi connectivity index (χ1n) is 8.81.